The smallest absolute Gasteiger partial charge is 0.221 e. The zero-order valence-electron chi connectivity index (χ0n) is 12.9. The summed E-state index contributed by atoms with van der Waals surface area (Å²) in [4.78, 5) is 11.6. The number of nitrogens with one attached hydrogen (secondary N) is 2. The molecule has 5 nitrogen and oxygen atoms in total. The van der Waals surface area contributed by atoms with Crippen LogP contribution in [0.1, 0.15) is 31.4 Å². The monoisotopic (exact) mass is 289 g/mol. The molecule has 0 fully saturated rings. The number of ether oxygens (including phenoxy) is 1. The first-order chi connectivity index (χ1) is 10.1. The van der Waals surface area contributed by atoms with Gasteiger partial charge >= 0.3 is 0 Å². The molecule has 0 heterocycles. The molecule has 0 aliphatic rings. The average molecular weight is 289 g/mol. The zero-order valence-corrected chi connectivity index (χ0v) is 12.9. The van der Waals surface area contributed by atoms with Gasteiger partial charge in [0.2, 0.25) is 5.91 Å². The van der Waals surface area contributed by atoms with Gasteiger partial charge in [0.1, 0.15) is 5.75 Å². The molecule has 5 heteroatoms. The normalized spacial score (nSPS) is 10.2. The Labute approximate surface area is 126 Å². The van der Waals surface area contributed by atoms with E-state index in [0.717, 1.165) is 11.3 Å². The van der Waals surface area contributed by atoms with Crippen LogP contribution in [-0.2, 0) is 11.3 Å². The van der Waals surface area contributed by atoms with Crippen molar-refractivity contribution in [2.75, 3.05) is 20.2 Å². The molecule has 1 aromatic carbocycles. The third kappa shape index (κ3) is 6.28. The second kappa shape index (κ2) is 8.98. The number of methoxy groups -OCH3 is 1. The largest absolute Gasteiger partial charge is 0.496 e. The molecule has 1 rings (SSSR count). The first-order valence-corrected chi connectivity index (χ1v) is 7.11. The van der Waals surface area contributed by atoms with E-state index in [9.17, 15) is 4.79 Å². The Hall–Kier alpha value is -2.06. The lowest BCUT2D eigenvalue weighted by Crippen LogP contribution is -2.30. The molecule has 0 aliphatic carbocycles. The van der Waals surface area contributed by atoms with E-state index < -0.39 is 0 Å². The summed E-state index contributed by atoms with van der Waals surface area (Å²) in [7, 11) is 1.60. The fourth-order valence-corrected chi connectivity index (χ4v) is 1.82. The lowest BCUT2D eigenvalue weighted by Gasteiger charge is -2.11. The number of hydrogen-bond acceptors (Lipinski definition) is 4. The number of carbonyl (C=O) groups is 1. The molecule has 0 saturated heterocycles. The Morgan fingerprint density at radius 2 is 2.19 bits per heavy atom. The molecule has 1 amide bonds. The lowest BCUT2D eigenvalue weighted by atomic mass is 10.1. The summed E-state index contributed by atoms with van der Waals surface area (Å²) in [5, 5.41) is 15.0. The fraction of sp³-hybridized carbons (Fsp3) is 0.500. The van der Waals surface area contributed by atoms with Gasteiger partial charge in [-0.3, -0.25) is 4.79 Å². The maximum atomic E-state index is 11.6. The van der Waals surface area contributed by atoms with Crippen LogP contribution in [0.5, 0.6) is 5.75 Å². The number of hydrogen-bond donors (Lipinski definition) is 2. The Kier molecular flexibility index (Phi) is 7.27. The van der Waals surface area contributed by atoms with Crippen LogP contribution < -0.4 is 15.4 Å². The molecule has 114 valence electrons. The van der Waals surface area contributed by atoms with Gasteiger partial charge in [-0.15, -0.1) is 0 Å². The van der Waals surface area contributed by atoms with Crippen LogP contribution >= 0.6 is 0 Å². The predicted molar refractivity (Wildman–Crippen MR) is 81.9 cm³/mol. The highest BCUT2D eigenvalue weighted by atomic mass is 16.5. The van der Waals surface area contributed by atoms with Crippen molar-refractivity contribution in [3.8, 4) is 11.8 Å². The van der Waals surface area contributed by atoms with E-state index >= 15 is 0 Å². The maximum absolute atomic E-state index is 11.6. The summed E-state index contributed by atoms with van der Waals surface area (Å²) in [6.07, 6.45) is 0.437. The third-order valence-electron chi connectivity index (χ3n) is 2.96. The molecule has 0 bridgehead atoms. The van der Waals surface area contributed by atoms with Crippen LogP contribution in [0, 0.1) is 17.2 Å². The van der Waals surface area contributed by atoms with Crippen molar-refractivity contribution in [1.82, 2.24) is 10.6 Å². The Bertz CT molecular complexity index is 507. The summed E-state index contributed by atoms with van der Waals surface area (Å²) in [5.41, 5.74) is 1.52. The quantitative estimate of drug-likeness (QED) is 0.716. The minimum absolute atomic E-state index is 0.0499. The van der Waals surface area contributed by atoms with Crippen molar-refractivity contribution < 1.29 is 9.53 Å². The molecule has 0 spiro atoms. The first-order valence-electron chi connectivity index (χ1n) is 7.11. The van der Waals surface area contributed by atoms with Crippen LogP contribution in [0.4, 0.5) is 0 Å². The molecule has 0 atom stereocenters. The summed E-state index contributed by atoms with van der Waals surface area (Å²) in [5.74, 6) is 1.25. The second-order valence-corrected chi connectivity index (χ2v) is 5.26. The number of amides is 1. The number of carbonyl (C=O) groups excluding carboxylic acids is 1. The van der Waals surface area contributed by atoms with Crippen molar-refractivity contribution in [3.63, 3.8) is 0 Å². The highest BCUT2D eigenvalue weighted by molar-refractivity contribution is 5.76. The fourth-order valence-electron chi connectivity index (χ4n) is 1.82. The SMILES string of the molecule is COc1ccc(C#N)cc1CNCCC(=O)NCC(C)C. The van der Waals surface area contributed by atoms with Crippen LogP contribution in [0.2, 0.25) is 0 Å². The number of nitriles is 1. The van der Waals surface area contributed by atoms with E-state index in [4.69, 9.17) is 10.00 Å². The number of rotatable bonds is 8. The molecule has 0 saturated carbocycles. The van der Waals surface area contributed by atoms with Crippen LogP contribution in [-0.4, -0.2) is 26.1 Å². The Morgan fingerprint density at radius 3 is 2.81 bits per heavy atom. The zero-order chi connectivity index (χ0) is 15.7. The van der Waals surface area contributed by atoms with Gasteiger partial charge in [-0.05, 0) is 24.1 Å². The first kappa shape index (κ1) is 17.0. The van der Waals surface area contributed by atoms with Gasteiger partial charge < -0.3 is 15.4 Å². The van der Waals surface area contributed by atoms with Gasteiger partial charge in [-0.1, -0.05) is 13.8 Å². The van der Waals surface area contributed by atoms with Gasteiger partial charge in [-0.2, -0.15) is 5.26 Å². The predicted octanol–water partition coefficient (Wildman–Crippen LogP) is 1.82. The van der Waals surface area contributed by atoms with Crippen LogP contribution in [0.25, 0.3) is 0 Å². The molecular formula is C16H23N3O2. The highest BCUT2D eigenvalue weighted by Gasteiger charge is 2.05. The van der Waals surface area contributed by atoms with E-state index in [1.54, 1.807) is 25.3 Å². The van der Waals surface area contributed by atoms with Gasteiger partial charge in [-0.25, -0.2) is 0 Å². The van der Waals surface area contributed by atoms with Crippen molar-refractivity contribution in [2.24, 2.45) is 5.92 Å². The summed E-state index contributed by atoms with van der Waals surface area (Å²) < 4.78 is 5.26. The number of nitrogens with zero attached hydrogens (tertiary/aromatic N) is 1. The van der Waals surface area contributed by atoms with E-state index in [0.29, 0.717) is 37.5 Å². The van der Waals surface area contributed by atoms with E-state index in [-0.39, 0.29) is 5.91 Å². The molecule has 0 unspecified atom stereocenters. The highest BCUT2D eigenvalue weighted by Crippen LogP contribution is 2.19. The van der Waals surface area contributed by atoms with Crippen molar-refractivity contribution >= 4 is 5.91 Å². The van der Waals surface area contributed by atoms with Crippen molar-refractivity contribution in [2.45, 2.75) is 26.8 Å². The lowest BCUT2D eigenvalue weighted by molar-refractivity contribution is -0.121. The van der Waals surface area contributed by atoms with Crippen molar-refractivity contribution in [3.05, 3.63) is 29.3 Å². The van der Waals surface area contributed by atoms with Crippen LogP contribution in [0.3, 0.4) is 0 Å². The second-order valence-electron chi connectivity index (χ2n) is 5.26. The molecule has 0 aliphatic heterocycles. The molecule has 0 aromatic heterocycles. The third-order valence-corrected chi connectivity index (χ3v) is 2.96. The van der Waals surface area contributed by atoms with Gasteiger partial charge in [0.15, 0.2) is 0 Å². The summed E-state index contributed by atoms with van der Waals surface area (Å²) in [6, 6.07) is 7.41. The molecular weight excluding hydrogens is 266 g/mol. The van der Waals surface area contributed by atoms with E-state index in [2.05, 4.69) is 30.6 Å². The molecule has 0 radical (unpaired) electrons. The number of benzene rings is 1. The Morgan fingerprint density at radius 1 is 1.43 bits per heavy atom. The van der Waals surface area contributed by atoms with Crippen LogP contribution in [0.15, 0.2) is 18.2 Å². The minimum Gasteiger partial charge on any atom is -0.496 e. The average Bonchev–Trinajstić information content (AvgIpc) is 2.49. The molecule has 1 aromatic rings. The summed E-state index contributed by atoms with van der Waals surface area (Å²) >= 11 is 0. The molecule has 2 N–H and O–H groups in total. The summed E-state index contributed by atoms with van der Waals surface area (Å²) in [6.45, 7) is 5.98. The topological polar surface area (TPSA) is 74.1 Å². The maximum Gasteiger partial charge on any atom is 0.221 e. The van der Waals surface area contributed by atoms with E-state index in [1.807, 2.05) is 0 Å². The molecule has 21 heavy (non-hydrogen) atoms. The van der Waals surface area contributed by atoms with Gasteiger partial charge in [0.05, 0.1) is 18.7 Å². The standard InChI is InChI=1S/C16H23N3O2/c1-12(2)10-19-16(20)6-7-18-11-14-8-13(9-17)4-5-15(14)21-3/h4-5,8,12,18H,6-7,10-11H2,1-3H3,(H,19,20). The van der Waals surface area contributed by atoms with E-state index in [1.165, 1.54) is 0 Å². The van der Waals surface area contributed by atoms with Gasteiger partial charge in [0, 0.05) is 31.6 Å². The van der Waals surface area contributed by atoms with Gasteiger partial charge in [0.25, 0.3) is 0 Å². The Balaban J connectivity index is 2.39. The van der Waals surface area contributed by atoms with Crippen molar-refractivity contribution in [1.29, 1.82) is 5.26 Å². The minimum atomic E-state index is 0.0499.